The molecule has 0 atom stereocenters. The van der Waals surface area contributed by atoms with Crippen LogP contribution in [0.25, 0.3) is 11.4 Å². The van der Waals surface area contributed by atoms with Gasteiger partial charge in [-0.05, 0) is 36.6 Å². The van der Waals surface area contributed by atoms with Gasteiger partial charge in [-0.1, -0.05) is 17.3 Å². The van der Waals surface area contributed by atoms with Gasteiger partial charge in [0.15, 0.2) is 0 Å². The summed E-state index contributed by atoms with van der Waals surface area (Å²) < 4.78 is 55.6. The lowest BCUT2D eigenvalue weighted by atomic mass is 10.0. The van der Waals surface area contributed by atoms with Crippen molar-refractivity contribution in [3.8, 4) is 11.4 Å². The van der Waals surface area contributed by atoms with Crippen LogP contribution in [0.4, 0.5) is 17.6 Å². The lowest BCUT2D eigenvalue weighted by Crippen LogP contribution is -2.47. The first kappa shape index (κ1) is 22.9. The summed E-state index contributed by atoms with van der Waals surface area (Å²) in [6, 6.07) is 7.13. The van der Waals surface area contributed by atoms with Crippen LogP contribution in [0.2, 0.25) is 0 Å². The summed E-state index contributed by atoms with van der Waals surface area (Å²) in [6.07, 6.45) is -2.10. The van der Waals surface area contributed by atoms with Crippen molar-refractivity contribution in [2.75, 3.05) is 13.1 Å². The third-order valence-corrected chi connectivity index (χ3v) is 6.23. The highest BCUT2D eigenvalue weighted by Crippen LogP contribution is 2.32. The minimum atomic E-state index is -4.77. The molecule has 0 unspecified atom stereocenters. The number of piperidine rings is 1. The Labute approximate surface area is 196 Å². The molecule has 0 spiro atoms. The molecule has 2 aliphatic rings. The van der Waals surface area contributed by atoms with Crippen LogP contribution in [0.3, 0.4) is 0 Å². The highest BCUT2D eigenvalue weighted by atomic mass is 19.4. The number of carbonyl (C=O) groups excluding carboxylic acids is 2. The van der Waals surface area contributed by atoms with Crippen LogP contribution in [-0.2, 0) is 23.9 Å². The number of amides is 2. The number of fused-ring (bicyclic) bond motifs is 1. The lowest BCUT2D eigenvalue weighted by Gasteiger charge is -2.36. The summed E-state index contributed by atoms with van der Waals surface area (Å²) in [5.74, 6) is -2.46. The largest absolute Gasteiger partial charge is 0.471 e. The van der Waals surface area contributed by atoms with Crippen LogP contribution in [0.1, 0.15) is 40.3 Å². The minimum absolute atomic E-state index is 0.0595. The third-order valence-electron chi connectivity index (χ3n) is 6.23. The van der Waals surface area contributed by atoms with Crippen LogP contribution in [0.5, 0.6) is 0 Å². The standard InChI is InChI=1S/C23H19F4N5O3/c24-15-3-1-13(2-4-15)9-19(33)31-7-5-16(6-8-31)32-12-18-17(21(32)34)10-14(11-28-18)20-29-22(35-30-20)23(25,26)27/h1-4,10-11,16H,5-9,12H2. The van der Waals surface area contributed by atoms with Crippen molar-refractivity contribution >= 4 is 11.8 Å². The van der Waals surface area contributed by atoms with Gasteiger partial charge in [0, 0.05) is 30.9 Å². The Bertz CT molecular complexity index is 1270. The number of benzene rings is 1. The van der Waals surface area contributed by atoms with E-state index in [1.165, 1.54) is 24.4 Å². The number of pyridine rings is 1. The van der Waals surface area contributed by atoms with E-state index in [2.05, 4.69) is 19.6 Å². The van der Waals surface area contributed by atoms with E-state index in [1.807, 2.05) is 0 Å². The Kier molecular flexibility index (Phi) is 5.73. The summed E-state index contributed by atoms with van der Waals surface area (Å²) in [4.78, 5) is 36.7. The summed E-state index contributed by atoms with van der Waals surface area (Å²) in [6.45, 7) is 1.24. The van der Waals surface area contributed by atoms with Gasteiger partial charge in [-0.25, -0.2) is 4.39 Å². The van der Waals surface area contributed by atoms with Crippen molar-refractivity contribution in [1.29, 1.82) is 0 Å². The van der Waals surface area contributed by atoms with E-state index in [0.717, 1.165) is 5.56 Å². The van der Waals surface area contributed by atoms with Gasteiger partial charge in [-0.15, -0.1) is 0 Å². The normalized spacial score (nSPS) is 16.6. The van der Waals surface area contributed by atoms with Crippen LogP contribution in [0, 0.1) is 5.82 Å². The molecule has 182 valence electrons. The molecule has 0 aliphatic carbocycles. The summed E-state index contributed by atoms with van der Waals surface area (Å²) in [5, 5.41) is 3.34. The van der Waals surface area contributed by atoms with E-state index >= 15 is 0 Å². The summed E-state index contributed by atoms with van der Waals surface area (Å²) in [7, 11) is 0. The third kappa shape index (κ3) is 4.60. The smallest absolute Gasteiger partial charge is 0.342 e. The van der Waals surface area contributed by atoms with Gasteiger partial charge in [-0.3, -0.25) is 14.6 Å². The lowest BCUT2D eigenvalue weighted by molar-refractivity contribution is -0.159. The van der Waals surface area contributed by atoms with Gasteiger partial charge in [-0.2, -0.15) is 18.2 Å². The van der Waals surface area contributed by atoms with Gasteiger partial charge in [0.25, 0.3) is 5.91 Å². The van der Waals surface area contributed by atoms with E-state index in [9.17, 15) is 27.2 Å². The van der Waals surface area contributed by atoms with Crippen LogP contribution in [-0.4, -0.2) is 55.9 Å². The van der Waals surface area contributed by atoms with Crippen molar-refractivity contribution in [2.45, 2.75) is 38.0 Å². The van der Waals surface area contributed by atoms with Gasteiger partial charge < -0.3 is 14.3 Å². The molecule has 1 saturated heterocycles. The molecule has 0 saturated carbocycles. The van der Waals surface area contributed by atoms with Crippen LogP contribution < -0.4 is 0 Å². The number of rotatable bonds is 4. The maximum absolute atomic E-state index is 13.1. The predicted octanol–water partition coefficient (Wildman–Crippen LogP) is 3.48. The number of hydrogen-bond acceptors (Lipinski definition) is 6. The second-order valence-electron chi connectivity index (χ2n) is 8.49. The van der Waals surface area contributed by atoms with Gasteiger partial charge >= 0.3 is 12.1 Å². The number of likely N-dealkylation sites (tertiary alicyclic amines) is 1. The molecule has 12 heteroatoms. The second kappa shape index (κ2) is 8.75. The Morgan fingerprint density at radius 3 is 2.51 bits per heavy atom. The molecule has 3 aromatic rings. The SMILES string of the molecule is O=C(Cc1ccc(F)cc1)N1CCC(N2Cc3ncc(-c4noc(C(F)(F)F)n4)cc3C2=O)CC1. The Morgan fingerprint density at radius 1 is 1.14 bits per heavy atom. The Balaban J connectivity index is 1.22. The fourth-order valence-electron chi connectivity index (χ4n) is 4.38. The first-order valence-electron chi connectivity index (χ1n) is 10.9. The van der Waals surface area contributed by atoms with Gasteiger partial charge in [0.05, 0.1) is 24.2 Å². The van der Waals surface area contributed by atoms with Crippen LogP contribution in [0.15, 0.2) is 41.1 Å². The number of carbonyl (C=O) groups is 2. The molecule has 0 N–H and O–H groups in total. The summed E-state index contributed by atoms with van der Waals surface area (Å²) >= 11 is 0. The molecule has 1 fully saturated rings. The Hall–Kier alpha value is -3.83. The molecule has 0 bridgehead atoms. The van der Waals surface area contributed by atoms with Gasteiger partial charge in [0.2, 0.25) is 11.7 Å². The number of aromatic nitrogens is 3. The highest BCUT2D eigenvalue weighted by molar-refractivity contribution is 5.99. The predicted molar refractivity (Wildman–Crippen MR) is 112 cm³/mol. The van der Waals surface area contributed by atoms with Crippen molar-refractivity contribution < 1.29 is 31.7 Å². The van der Waals surface area contributed by atoms with E-state index in [1.54, 1.807) is 21.9 Å². The monoisotopic (exact) mass is 489 g/mol. The number of nitrogens with zero attached hydrogens (tertiary/aromatic N) is 5. The van der Waals surface area contributed by atoms with E-state index < -0.39 is 12.1 Å². The van der Waals surface area contributed by atoms with Crippen molar-refractivity contribution in [3.05, 3.63) is 65.1 Å². The van der Waals surface area contributed by atoms with Crippen molar-refractivity contribution in [3.63, 3.8) is 0 Å². The van der Waals surface area contributed by atoms with E-state index in [4.69, 9.17) is 0 Å². The van der Waals surface area contributed by atoms with Crippen LogP contribution >= 0.6 is 0 Å². The van der Waals surface area contributed by atoms with E-state index in [0.29, 0.717) is 31.6 Å². The summed E-state index contributed by atoms with van der Waals surface area (Å²) in [5.41, 5.74) is 1.69. The maximum Gasteiger partial charge on any atom is 0.471 e. The molecule has 2 aliphatic heterocycles. The average molecular weight is 489 g/mol. The number of halogens is 4. The van der Waals surface area contributed by atoms with E-state index in [-0.39, 0.29) is 53.6 Å². The first-order valence-corrected chi connectivity index (χ1v) is 10.9. The zero-order valence-electron chi connectivity index (χ0n) is 18.3. The molecule has 5 rings (SSSR count). The zero-order valence-corrected chi connectivity index (χ0v) is 18.3. The van der Waals surface area contributed by atoms with Gasteiger partial charge in [0.1, 0.15) is 5.82 Å². The average Bonchev–Trinajstić information content (AvgIpc) is 3.46. The Morgan fingerprint density at radius 2 is 1.86 bits per heavy atom. The fourth-order valence-corrected chi connectivity index (χ4v) is 4.38. The molecular weight excluding hydrogens is 470 g/mol. The molecule has 1 aromatic carbocycles. The zero-order chi connectivity index (χ0) is 24.7. The van der Waals surface area contributed by atoms with Crippen molar-refractivity contribution in [2.24, 2.45) is 0 Å². The molecule has 4 heterocycles. The topological polar surface area (TPSA) is 92.4 Å². The highest BCUT2D eigenvalue weighted by Gasteiger charge is 2.39. The second-order valence-corrected chi connectivity index (χ2v) is 8.49. The molecule has 2 amide bonds. The number of alkyl halides is 3. The molecule has 8 nitrogen and oxygen atoms in total. The fraction of sp³-hybridized carbons (Fsp3) is 0.348. The first-order chi connectivity index (χ1) is 16.7. The van der Waals surface area contributed by atoms with Crippen molar-refractivity contribution in [1.82, 2.24) is 24.9 Å². The molecular formula is C23H19F4N5O3. The quantitative estimate of drug-likeness (QED) is 0.521. The maximum atomic E-state index is 13.1. The molecule has 2 aromatic heterocycles. The minimum Gasteiger partial charge on any atom is -0.342 e. The number of hydrogen-bond donors (Lipinski definition) is 0. The molecule has 0 radical (unpaired) electrons. The molecule has 35 heavy (non-hydrogen) atoms.